The number of fused-ring (bicyclic) bond motifs is 2. The Bertz CT molecular complexity index is 1590. The van der Waals surface area contributed by atoms with Gasteiger partial charge in [-0.3, -0.25) is 4.79 Å². The zero-order chi connectivity index (χ0) is 24.0. The molecule has 5 aromatic carbocycles. The quantitative estimate of drug-likeness (QED) is 0.136. The maximum absolute atomic E-state index is 15.1. The first-order valence-electron chi connectivity index (χ1n) is 10.7. The third kappa shape index (κ3) is 3.34. The molecule has 0 aromatic heterocycles. The molecule has 0 radical (unpaired) electrons. The fourth-order valence-electron chi connectivity index (χ4n) is 4.98. The van der Waals surface area contributed by atoms with Crippen molar-refractivity contribution in [2.75, 3.05) is 0 Å². The van der Waals surface area contributed by atoms with Crippen LogP contribution in [0.3, 0.4) is 0 Å². The highest BCUT2D eigenvalue weighted by atomic mass is 127. The molecule has 0 aliphatic carbocycles. The summed E-state index contributed by atoms with van der Waals surface area (Å²) in [5.74, 6) is -1.00. The van der Waals surface area contributed by atoms with Crippen molar-refractivity contribution in [2.45, 2.75) is 12.3 Å². The number of phenols is 2. The highest BCUT2D eigenvalue weighted by molar-refractivity contribution is 14.1. The van der Waals surface area contributed by atoms with Crippen molar-refractivity contribution in [3.8, 4) is 11.5 Å². The smallest absolute Gasteiger partial charge is 0.222 e. The van der Waals surface area contributed by atoms with Gasteiger partial charge >= 0.3 is 0 Å². The van der Waals surface area contributed by atoms with E-state index in [0.29, 0.717) is 32.8 Å². The molecule has 0 saturated heterocycles. The molecule has 168 valence electrons. The van der Waals surface area contributed by atoms with Crippen molar-refractivity contribution in [1.82, 2.24) is 0 Å². The van der Waals surface area contributed by atoms with Gasteiger partial charge in [0.1, 0.15) is 5.75 Å². The van der Waals surface area contributed by atoms with E-state index in [1.54, 1.807) is 52.9 Å². The van der Waals surface area contributed by atoms with Crippen LogP contribution in [-0.4, -0.2) is 14.0 Å². The standard InChI is InChI=1S/C29H20FIO3/c1-29(22-13-7-6-12-21(22)28(31)34,23-14-15-26(32)19-10-4-2-8-17(19)23)24-16-25(30)27(33)20-11-5-3-9-18(20)24/h2-16,32-33H,1H3. The number of rotatable bonds is 4. The Morgan fingerprint density at radius 1 is 0.735 bits per heavy atom. The maximum Gasteiger partial charge on any atom is 0.222 e. The van der Waals surface area contributed by atoms with E-state index in [9.17, 15) is 15.0 Å². The van der Waals surface area contributed by atoms with Crippen LogP contribution in [0.15, 0.2) is 91.0 Å². The average Bonchev–Trinajstić information content (AvgIpc) is 2.86. The Morgan fingerprint density at radius 3 is 1.97 bits per heavy atom. The van der Waals surface area contributed by atoms with Crippen LogP contribution in [0.1, 0.15) is 34.0 Å². The van der Waals surface area contributed by atoms with Gasteiger partial charge in [0.15, 0.2) is 11.6 Å². The van der Waals surface area contributed by atoms with E-state index < -0.39 is 17.0 Å². The highest BCUT2D eigenvalue weighted by Gasteiger charge is 2.38. The van der Waals surface area contributed by atoms with Crippen LogP contribution >= 0.6 is 22.6 Å². The van der Waals surface area contributed by atoms with E-state index in [1.807, 2.05) is 61.5 Å². The molecule has 0 aliphatic heterocycles. The number of hydrogen-bond donors (Lipinski definition) is 2. The predicted molar refractivity (Wildman–Crippen MR) is 142 cm³/mol. The van der Waals surface area contributed by atoms with Gasteiger partial charge < -0.3 is 10.2 Å². The molecule has 0 amide bonds. The number of hydrogen-bond acceptors (Lipinski definition) is 3. The number of halogens is 2. The van der Waals surface area contributed by atoms with E-state index in [2.05, 4.69) is 0 Å². The minimum absolute atomic E-state index is 0.133. The SMILES string of the molecule is CC(c1ccccc1C(=O)I)(c1ccc(O)c2ccccc12)c1cc(F)c(O)c2ccccc12. The normalized spacial score (nSPS) is 13.1. The molecule has 1 atom stereocenters. The molecule has 2 N–H and O–H groups in total. The molecular formula is C29H20FIO3. The number of aromatic hydroxyl groups is 2. The molecular weight excluding hydrogens is 542 g/mol. The van der Waals surface area contributed by atoms with Gasteiger partial charge in [0, 0.05) is 44.3 Å². The topological polar surface area (TPSA) is 57.5 Å². The number of carbonyl (C=O) groups excluding carboxylic acids is 1. The van der Waals surface area contributed by atoms with Gasteiger partial charge in [-0.2, -0.15) is 0 Å². The van der Waals surface area contributed by atoms with Crippen LogP contribution in [-0.2, 0) is 5.41 Å². The Balaban J connectivity index is 2.01. The number of benzene rings is 5. The van der Waals surface area contributed by atoms with Gasteiger partial charge in [0.2, 0.25) is 3.79 Å². The summed E-state index contributed by atoms with van der Waals surface area (Å²) in [5, 5.41) is 23.5. The molecule has 0 saturated carbocycles. The molecule has 3 nitrogen and oxygen atoms in total. The summed E-state index contributed by atoms with van der Waals surface area (Å²) >= 11 is 1.77. The van der Waals surface area contributed by atoms with Gasteiger partial charge in [-0.25, -0.2) is 4.39 Å². The number of phenolic OH excluding ortho intramolecular Hbond substituents is 2. The fourth-order valence-corrected chi connectivity index (χ4v) is 5.45. The summed E-state index contributed by atoms with van der Waals surface area (Å²) in [7, 11) is 0. The minimum atomic E-state index is -1.00. The molecule has 1 unspecified atom stereocenters. The Morgan fingerprint density at radius 2 is 1.29 bits per heavy atom. The molecule has 0 heterocycles. The van der Waals surface area contributed by atoms with E-state index >= 15 is 4.39 Å². The first-order chi connectivity index (χ1) is 16.3. The van der Waals surface area contributed by atoms with Gasteiger partial charge in [-0.1, -0.05) is 78.9 Å². The Hall–Kier alpha value is -3.45. The zero-order valence-corrected chi connectivity index (χ0v) is 20.4. The predicted octanol–water partition coefficient (Wildman–Crippen LogP) is 7.47. The molecule has 0 bridgehead atoms. The Kier molecular flexibility index (Phi) is 5.52. The Labute approximate surface area is 209 Å². The third-order valence-electron chi connectivity index (χ3n) is 6.63. The van der Waals surface area contributed by atoms with Crippen LogP contribution in [0.5, 0.6) is 11.5 Å². The fraction of sp³-hybridized carbons (Fsp3) is 0.0690. The van der Waals surface area contributed by atoms with Crippen LogP contribution in [0.4, 0.5) is 4.39 Å². The van der Waals surface area contributed by atoms with Crippen molar-refractivity contribution in [3.05, 3.63) is 119 Å². The van der Waals surface area contributed by atoms with Crippen molar-refractivity contribution in [3.63, 3.8) is 0 Å². The van der Waals surface area contributed by atoms with E-state index in [1.165, 1.54) is 6.07 Å². The third-order valence-corrected chi connectivity index (χ3v) is 7.21. The average molecular weight is 562 g/mol. The summed E-state index contributed by atoms with van der Waals surface area (Å²) in [6.07, 6.45) is 0. The second kappa shape index (κ2) is 8.40. The molecule has 5 heteroatoms. The van der Waals surface area contributed by atoms with Gasteiger partial charge in [-0.05, 0) is 46.5 Å². The van der Waals surface area contributed by atoms with Gasteiger partial charge in [0.05, 0.1) is 0 Å². The zero-order valence-electron chi connectivity index (χ0n) is 18.2. The molecule has 0 aliphatic rings. The first-order valence-corrected chi connectivity index (χ1v) is 11.8. The molecule has 0 fully saturated rings. The molecule has 34 heavy (non-hydrogen) atoms. The van der Waals surface area contributed by atoms with Gasteiger partial charge in [-0.15, -0.1) is 0 Å². The lowest BCUT2D eigenvalue weighted by atomic mass is 9.67. The first kappa shape index (κ1) is 22.3. The largest absolute Gasteiger partial charge is 0.507 e. The van der Waals surface area contributed by atoms with Crippen LogP contribution in [0, 0.1) is 5.82 Å². The molecule has 0 spiro atoms. The second-order valence-corrected chi connectivity index (χ2v) is 9.40. The lowest BCUT2D eigenvalue weighted by Gasteiger charge is -2.35. The highest BCUT2D eigenvalue weighted by Crippen LogP contribution is 2.48. The summed E-state index contributed by atoms with van der Waals surface area (Å²) < 4.78 is 15.0. The second-order valence-electron chi connectivity index (χ2n) is 8.42. The maximum atomic E-state index is 15.1. The van der Waals surface area contributed by atoms with E-state index in [4.69, 9.17) is 0 Å². The van der Waals surface area contributed by atoms with Crippen molar-refractivity contribution in [1.29, 1.82) is 0 Å². The van der Waals surface area contributed by atoms with E-state index in [0.717, 1.165) is 10.9 Å². The summed E-state index contributed by atoms with van der Waals surface area (Å²) in [6.45, 7) is 1.96. The van der Waals surface area contributed by atoms with Crippen LogP contribution in [0.2, 0.25) is 0 Å². The van der Waals surface area contributed by atoms with Crippen LogP contribution < -0.4 is 0 Å². The molecule has 5 rings (SSSR count). The van der Waals surface area contributed by atoms with Gasteiger partial charge in [0.25, 0.3) is 0 Å². The minimum Gasteiger partial charge on any atom is -0.507 e. The van der Waals surface area contributed by atoms with Crippen LogP contribution in [0.25, 0.3) is 21.5 Å². The molecule has 5 aromatic rings. The van der Waals surface area contributed by atoms with Crippen molar-refractivity contribution >= 4 is 47.9 Å². The monoisotopic (exact) mass is 562 g/mol. The van der Waals surface area contributed by atoms with Crippen molar-refractivity contribution in [2.24, 2.45) is 0 Å². The lowest BCUT2D eigenvalue weighted by molar-refractivity contribution is 0.110. The van der Waals surface area contributed by atoms with Crippen molar-refractivity contribution < 1.29 is 19.4 Å². The lowest BCUT2D eigenvalue weighted by Crippen LogP contribution is -2.28. The summed E-state index contributed by atoms with van der Waals surface area (Å²) in [5.41, 5.74) is 1.64. The van der Waals surface area contributed by atoms with E-state index in [-0.39, 0.29) is 9.54 Å². The summed E-state index contributed by atoms with van der Waals surface area (Å²) in [4.78, 5) is 12.7. The number of carbonyl (C=O) groups is 1. The summed E-state index contributed by atoms with van der Waals surface area (Å²) in [6, 6.07) is 26.7.